The van der Waals surface area contributed by atoms with Gasteiger partial charge in [0.05, 0.1) is 12.3 Å². The third-order valence-corrected chi connectivity index (χ3v) is 1.58. The molecule has 5 heteroatoms. The van der Waals surface area contributed by atoms with E-state index in [1.165, 1.54) is 0 Å². The molecular formula is C8H13N3O2. The van der Waals surface area contributed by atoms with Crippen LogP contribution < -0.4 is 5.32 Å². The van der Waals surface area contributed by atoms with Crippen LogP contribution in [0.1, 0.15) is 13.3 Å². The van der Waals surface area contributed by atoms with Crippen molar-refractivity contribution in [2.24, 2.45) is 10.2 Å². The van der Waals surface area contributed by atoms with E-state index in [0.29, 0.717) is 25.3 Å². The molecule has 0 amide bonds. The normalized spacial score (nSPS) is 15.2. The molecule has 0 spiro atoms. The molecule has 0 fully saturated rings. The fourth-order valence-electron chi connectivity index (χ4n) is 1.02. The first-order chi connectivity index (χ1) is 6.27. The van der Waals surface area contributed by atoms with E-state index in [4.69, 9.17) is 4.74 Å². The van der Waals surface area contributed by atoms with Crippen molar-refractivity contribution in [3.63, 3.8) is 0 Å². The standard InChI is InChI=1S/C8H13N3O2/c1-3-13-8(12)7-4-6(5-9-2)10-11-7/h9H,3-5H2,1-2H3. The van der Waals surface area contributed by atoms with Crippen molar-refractivity contribution < 1.29 is 9.53 Å². The van der Waals surface area contributed by atoms with E-state index >= 15 is 0 Å². The molecule has 72 valence electrons. The highest BCUT2D eigenvalue weighted by Crippen LogP contribution is 2.03. The summed E-state index contributed by atoms with van der Waals surface area (Å²) in [7, 11) is 1.82. The Bertz CT molecular complexity index is 258. The van der Waals surface area contributed by atoms with Crippen LogP contribution in [0.4, 0.5) is 0 Å². The van der Waals surface area contributed by atoms with Crippen molar-refractivity contribution in [1.29, 1.82) is 0 Å². The molecule has 1 rings (SSSR count). The first kappa shape index (κ1) is 9.85. The van der Waals surface area contributed by atoms with E-state index in [1.54, 1.807) is 6.92 Å². The lowest BCUT2D eigenvalue weighted by atomic mass is 10.2. The van der Waals surface area contributed by atoms with Gasteiger partial charge in [-0.25, -0.2) is 4.79 Å². The zero-order valence-electron chi connectivity index (χ0n) is 7.83. The van der Waals surface area contributed by atoms with Gasteiger partial charge in [-0.05, 0) is 14.0 Å². The zero-order chi connectivity index (χ0) is 9.68. The van der Waals surface area contributed by atoms with Crippen LogP contribution in [0.5, 0.6) is 0 Å². The number of nitrogens with one attached hydrogen (secondary N) is 1. The van der Waals surface area contributed by atoms with Crippen LogP contribution in [0.15, 0.2) is 10.2 Å². The van der Waals surface area contributed by atoms with Crippen molar-refractivity contribution in [3.05, 3.63) is 0 Å². The predicted octanol–water partition coefficient (Wildman–Crippen LogP) is -0.0304. The van der Waals surface area contributed by atoms with Gasteiger partial charge in [0, 0.05) is 13.0 Å². The molecule has 13 heavy (non-hydrogen) atoms. The molecule has 0 atom stereocenters. The highest BCUT2D eigenvalue weighted by atomic mass is 16.5. The highest BCUT2D eigenvalue weighted by molar-refractivity contribution is 6.41. The van der Waals surface area contributed by atoms with Crippen molar-refractivity contribution in [2.45, 2.75) is 13.3 Å². The Balaban J connectivity index is 2.39. The summed E-state index contributed by atoms with van der Waals surface area (Å²) in [5.74, 6) is -0.364. The summed E-state index contributed by atoms with van der Waals surface area (Å²) in [6.45, 7) is 2.80. The van der Waals surface area contributed by atoms with Gasteiger partial charge in [0.1, 0.15) is 0 Å². The summed E-state index contributed by atoms with van der Waals surface area (Å²) in [5.41, 5.74) is 1.26. The van der Waals surface area contributed by atoms with E-state index in [0.717, 1.165) is 5.71 Å². The summed E-state index contributed by atoms with van der Waals surface area (Å²) >= 11 is 0. The number of carbonyl (C=O) groups is 1. The quantitative estimate of drug-likeness (QED) is 0.622. The first-order valence-electron chi connectivity index (χ1n) is 4.22. The minimum Gasteiger partial charge on any atom is -0.461 e. The average molecular weight is 183 g/mol. The van der Waals surface area contributed by atoms with E-state index in [1.807, 2.05) is 7.05 Å². The summed E-state index contributed by atoms with van der Waals surface area (Å²) in [4.78, 5) is 11.1. The third kappa shape index (κ3) is 2.62. The maximum absolute atomic E-state index is 11.1. The van der Waals surface area contributed by atoms with Crippen LogP contribution in [0.2, 0.25) is 0 Å². The van der Waals surface area contributed by atoms with Crippen molar-refractivity contribution >= 4 is 17.4 Å². The van der Waals surface area contributed by atoms with Gasteiger partial charge in [0.15, 0.2) is 5.71 Å². The molecule has 0 aromatic carbocycles. The summed E-state index contributed by atoms with van der Waals surface area (Å²) < 4.78 is 4.79. The van der Waals surface area contributed by atoms with Gasteiger partial charge in [-0.15, -0.1) is 5.10 Å². The topological polar surface area (TPSA) is 63.0 Å². The largest absolute Gasteiger partial charge is 0.461 e. The second-order valence-corrected chi connectivity index (χ2v) is 2.64. The molecule has 1 heterocycles. The molecule has 1 N–H and O–H groups in total. The third-order valence-electron chi connectivity index (χ3n) is 1.58. The van der Waals surface area contributed by atoms with Gasteiger partial charge in [0.25, 0.3) is 0 Å². The minimum absolute atomic E-state index is 0.364. The fourth-order valence-corrected chi connectivity index (χ4v) is 1.02. The molecule has 5 nitrogen and oxygen atoms in total. The predicted molar refractivity (Wildman–Crippen MR) is 50.0 cm³/mol. The van der Waals surface area contributed by atoms with E-state index in [2.05, 4.69) is 15.5 Å². The Morgan fingerprint density at radius 2 is 2.38 bits per heavy atom. The Morgan fingerprint density at radius 1 is 1.62 bits per heavy atom. The number of rotatable bonds is 4. The molecule has 1 aliphatic heterocycles. The van der Waals surface area contributed by atoms with Crippen LogP contribution in [-0.4, -0.2) is 37.6 Å². The first-order valence-corrected chi connectivity index (χ1v) is 4.22. The van der Waals surface area contributed by atoms with Crippen molar-refractivity contribution in [3.8, 4) is 0 Å². The minimum atomic E-state index is -0.364. The molecule has 0 bridgehead atoms. The number of ether oxygens (including phenoxy) is 1. The molecule has 0 aromatic heterocycles. The maximum atomic E-state index is 11.1. The Morgan fingerprint density at radius 3 is 3.00 bits per heavy atom. The summed E-state index contributed by atoms with van der Waals surface area (Å²) in [6.07, 6.45) is 0.500. The van der Waals surface area contributed by atoms with Gasteiger partial charge in [-0.2, -0.15) is 5.10 Å². The number of esters is 1. The van der Waals surface area contributed by atoms with Gasteiger partial charge >= 0.3 is 5.97 Å². The lowest BCUT2D eigenvalue weighted by Crippen LogP contribution is -2.22. The molecule has 0 aromatic rings. The molecule has 1 aliphatic rings. The van der Waals surface area contributed by atoms with Gasteiger partial charge in [-0.1, -0.05) is 0 Å². The van der Waals surface area contributed by atoms with E-state index in [9.17, 15) is 4.79 Å². The SMILES string of the molecule is CCOC(=O)C1=NN=C(CNC)C1. The monoisotopic (exact) mass is 183 g/mol. The van der Waals surface area contributed by atoms with Gasteiger partial charge in [0.2, 0.25) is 0 Å². The van der Waals surface area contributed by atoms with Gasteiger partial charge in [-0.3, -0.25) is 0 Å². The number of nitrogens with zero attached hydrogens (tertiary/aromatic N) is 2. The highest BCUT2D eigenvalue weighted by Gasteiger charge is 2.19. The van der Waals surface area contributed by atoms with E-state index in [-0.39, 0.29) is 5.97 Å². The lowest BCUT2D eigenvalue weighted by molar-refractivity contribution is -0.135. The average Bonchev–Trinajstić information content (AvgIpc) is 2.54. The molecule has 0 aliphatic carbocycles. The van der Waals surface area contributed by atoms with E-state index < -0.39 is 0 Å². The number of hydrogen-bond acceptors (Lipinski definition) is 5. The summed E-state index contributed by atoms with van der Waals surface area (Å²) in [5, 5.41) is 10.5. The zero-order valence-corrected chi connectivity index (χ0v) is 7.83. The Labute approximate surface area is 76.9 Å². The second kappa shape index (κ2) is 4.71. The Kier molecular flexibility index (Phi) is 3.57. The van der Waals surface area contributed by atoms with Crippen molar-refractivity contribution in [2.75, 3.05) is 20.2 Å². The molecular weight excluding hydrogens is 170 g/mol. The molecule has 0 saturated heterocycles. The molecule has 0 radical (unpaired) electrons. The smallest absolute Gasteiger partial charge is 0.354 e. The van der Waals surface area contributed by atoms with Crippen LogP contribution in [0.25, 0.3) is 0 Å². The number of hydrogen-bond donors (Lipinski definition) is 1. The van der Waals surface area contributed by atoms with Crippen LogP contribution in [0.3, 0.4) is 0 Å². The number of carbonyl (C=O) groups excluding carboxylic acids is 1. The molecule has 0 unspecified atom stereocenters. The van der Waals surface area contributed by atoms with Gasteiger partial charge < -0.3 is 10.1 Å². The Hall–Kier alpha value is -1.23. The summed E-state index contributed by atoms with van der Waals surface area (Å²) in [6, 6.07) is 0. The maximum Gasteiger partial charge on any atom is 0.354 e. The second-order valence-electron chi connectivity index (χ2n) is 2.64. The molecule has 0 saturated carbocycles. The van der Waals surface area contributed by atoms with Crippen LogP contribution in [0, 0.1) is 0 Å². The van der Waals surface area contributed by atoms with Crippen LogP contribution >= 0.6 is 0 Å². The van der Waals surface area contributed by atoms with Crippen molar-refractivity contribution in [1.82, 2.24) is 5.32 Å². The fraction of sp³-hybridized carbons (Fsp3) is 0.625. The lowest BCUT2D eigenvalue weighted by Gasteiger charge is -2.00. The van der Waals surface area contributed by atoms with Crippen LogP contribution in [-0.2, 0) is 9.53 Å².